The van der Waals surface area contributed by atoms with Gasteiger partial charge in [-0.15, -0.1) is 11.8 Å². The van der Waals surface area contributed by atoms with Crippen molar-refractivity contribution in [2.24, 2.45) is 0 Å². The minimum Gasteiger partial charge on any atom is -0.377 e. The summed E-state index contributed by atoms with van der Waals surface area (Å²) in [4.78, 5) is 18.9. The van der Waals surface area contributed by atoms with Crippen LogP contribution in [-0.4, -0.2) is 41.9 Å². The number of ether oxygens (including phenoxy) is 1. The molecule has 3 rings (SSSR count). The number of aromatic amines is 1. The maximum Gasteiger partial charge on any atom is 0.252 e. The Hall–Kier alpha value is -1.30. The number of aromatic nitrogens is 1. The van der Waals surface area contributed by atoms with E-state index in [-0.39, 0.29) is 5.56 Å². The van der Waals surface area contributed by atoms with Crippen molar-refractivity contribution in [1.82, 2.24) is 9.88 Å². The van der Waals surface area contributed by atoms with Crippen molar-refractivity contribution in [2.45, 2.75) is 37.3 Å². The second-order valence-corrected chi connectivity index (χ2v) is 6.92. The maximum absolute atomic E-state index is 12.4. The average molecular weight is 332 g/mol. The zero-order valence-electron chi connectivity index (χ0n) is 13.8. The zero-order chi connectivity index (χ0) is 16.2. The molecule has 1 saturated heterocycles. The summed E-state index contributed by atoms with van der Waals surface area (Å²) in [5.74, 6) is 0. The van der Waals surface area contributed by atoms with Crippen molar-refractivity contribution >= 4 is 22.7 Å². The molecular weight excluding hydrogens is 308 g/mol. The lowest BCUT2D eigenvalue weighted by molar-refractivity contribution is 0.0724. The molecule has 1 aliphatic heterocycles. The molecule has 0 bridgehead atoms. The smallest absolute Gasteiger partial charge is 0.252 e. The summed E-state index contributed by atoms with van der Waals surface area (Å²) in [6, 6.07) is 8.24. The first-order chi connectivity index (χ1) is 11.2. The Kier molecular flexibility index (Phi) is 5.41. The van der Waals surface area contributed by atoms with E-state index >= 15 is 0 Å². The third-order valence-electron chi connectivity index (χ3n) is 4.46. The van der Waals surface area contributed by atoms with Gasteiger partial charge in [0.05, 0.1) is 6.10 Å². The van der Waals surface area contributed by atoms with Crippen molar-refractivity contribution in [3.8, 4) is 0 Å². The molecule has 1 aliphatic rings. The van der Waals surface area contributed by atoms with Crippen LogP contribution in [0, 0.1) is 0 Å². The highest BCUT2D eigenvalue weighted by molar-refractivity contribution is 7.98. The predicted octanol–water partition coefficient (Wildman–Crippen LogP) is 3.25. The number of likely N-dealkylation sites (N-methyl/N-ethyl adjacent to an activating group) is 1. The molecule has 0 aliphatic carbocycles. The number of H-pyrrole nitrogens is 1. The molecule has 0 spiro atoms. The van der Waals surface area contributed by atoms with Gasteiger partial charge >= 0.3 is 0 Å². The summed E-state index contributed by atoms with van der Waals surface area (Å²) in [5.41, 5.74) is 1.75. The molecule has 5 heteroatoms. The van der Waals surface area contributed by atoms with E-state index in [1.165, 1.54) is 0 Å². The molecule has 1 atom stereocenters. The Bertz CT molecular complexity index is 723. The highest BCUT2D eigenvalue weighted by atomic mass is 32.2. The van der Waals surface area contributed by atoms with Gasteiger partial charge in [-0.3, -0.25) is 9.69 Å². The summed E-state index contributed by atoms with van der Waals surface area (Å²) in [5, 5.41) is 1.09. The topological polar surface area (TPSA) is 45.3 Å². The molecule has 0 unspecified atom stereocenters. The molecule has 0 radical (unpaired) electrons. The lowest BCUT2D eigenvalue weighted by Crippen LogP contribution is -2.33. The SMILES string of the molecule is CCN(Cc1cc2ccc(SC)cc2[nH]c1=O)C[C@@H]1CCCO1. The van der Waals surface area contributed by atoms with Crippen LogP contribution >= 0.6 is 11.8 Å². The molecule has 0 saturated carbocycles. The first-order valence-electron chi connectivity index (χ1n) is 8.23. The van der Waals surface area contributed by atoms with Crippen molar-refractivity contribution < 1.29 is 4.74 Å². The number of rotatable bonds is 6. The molecule has 4 nitrogen and oxygen atoms in total. The van der Waals surface area contributed by atoms with Crippen LogP contribution in [0.3, 0.4) is 0 Å². The largest absolute Gasteiger partial charge is 0.377 e. The molecule has 1 N–H and O–H groups in total. The average Bonchev–Trinajstić information content (AvgIpc) is 3.07. The van der Waals surface area contributed by atoms with E-state index in [4.69, 9.17) is 4.74 Å². The Morgan fingerprint density at radius 1 is 1.39 bits per heavy atom. The van der Waals surface area contributed by atoms with Gasteiger partial charge in [-0.05, 0) is 49.2 Å². The lowest BCUT2D eigenvalue weighted by Gasteiger charge is -2.23. The van der Waals surface area contributed by atoms with Crippen LogP contribution in [0.5, 0.6) is 0 Å². The fourth-order valence-corrected chi connectivity index (χ4v) is 3.53. The fourth-order valence-electron chi connectivity index (χ4n) is 3.09. The third kappa shape index (κ3) is 3.97. The highest BCUT2D eigenvalue weighted by Crippen LogP contribution is 2.21. The van der Waals surface area contributed by atoms with E-state index in [1.807, 2.05) is 18.4 Å². The van der Waals surface area contributed by atoms with Gasteiger partial charge in [-0.25, -0.2) is 0 Å². The maximum atomic E-state index is 12.4. The molecule has 23 heavy (non-hydrogen) atoms. The van der Waals surface area contributed by atoms with Crippen LogP contribution in [0.25, 0.3) is 10.9 Å². The molecule has 2 heterocycles. The van der Waals surface area contributed by atoms with Gasteiger partial charge in [0.2, 0.25) is 0 Å². The van der Waals surface area contributed by atoms with Gasteiger partial charge in [-0.2, -0.15) is 0 Å². The summed E-state index contributed by atoms with van der Waals surface area (Å²) in [6.45, 7) is 5.50. The van der Waals surface area contributed by atoms with Crippen molar-refractivity contribution in [1.29, 1.82) is 0 Å². The first kappa shape index (κ1) is 16.6. The van der Waals surface area contributed by atoms with Crippen LogP contribution in [0.4, 0.5) is 0 Å². The fraction of sp³-hybridized carbons (Fsp3) is 0.500. The molecule has 2 aromatic rings. The molecule has 0 amide bonds. The van der Waals surface area contributed by atoms with Gasteiger partial charge in [0.15, 0.2) is 0 Å². The number of nitrogens with zero attached hydrogens (tertiary/aromatic N) is 1. The van der Waals surface area contributed by atoms with Crippen LogP contribution < -0.4 is 5.56 Å². The van der Waals surface area contributed by atoms with E-state index in [1.54, 1.807) is 11.8 Å². The minimum absolute atomic E-state index is 0.0153. The number of thioether (sulfide) groups is 1. The van der Waals surface area contributed by atoms with Crippen LogP contribution in [0.2, 0.25) is 0 Å². The summed E-state index contributed by atoms with van der Waals surface area (Å²) in [7, 11) is 0. The molecular formula is C18H24N2O2S. The third-order valence-corrected chi connectivity index (χ3v) is 5.18. The number of hydrogen-bond donors (Lipinski definition) is 1. The number of nitrogens with one attached hydrogen (secondary N) is 1. The van der Waals surface area contributed by atoms with Gasteiger partial charge in [-0.1, -0.05) is 13.0 Å². The minimum atomic E-state index is 0.0153. The van der Waals surface area contributed by atoms with Gasteiger partial charge in [0, 0.05) is 35.7 Å². The van der Waals surface area contributed by atoms with E-state index in [0.717, 1.165) is 53.9 Å². The van der Waals surface area contributed by atoms with Gasteiger partial charge in [0.25, 0.3) is 5.56 Å². The van der Waals surface area contributed by atoms with E-state index in [2.05, 4.69) is 28.9 Å². The van der Waals surface area contributed by atoms with Gasteiger partial charge in [0.1, 0.15) is 0 Å². The number of benzene rings is 1. The molecule has 124 valence electrons. The van der Waals surface area contributed by atoms with E-state index < -0.39 is 0 Å². The molecule has 1 aromatic carbocycles. The van der Waals surface area contributed by atoms with Crippen LogP contribution in [0.1, 0.15) is 25.3 Å². The number of hydrogen-bond acceptors (Lipinski definition) is 4. The Labute approximate surface area is 141 Å². The predicted molar refractivity (Wildman–Crippen MR) is 96.3 cm³/mol. The normalized spacial score (nSPS) is 18.1. The first-order valence-corrected chi connectivity index (χ1v) is 9.46. The van der Waals surface area contributed by atoms with E-state index in [0.29, 0.717) is 12.6 Å². The Morgan fingerprint density at radius 2 is 2.26 bits per heavy atom. The molecule has 1 aromatic heterocycles. The number of fused-ring (bicyclic) bond motifs is 1. The quantitative estimate of drug-likeness (QED) is 0.825. The zero-order valence-corrected chi connectivity index (χ0v) is 14.6. The second-order valence-electron chi connectivity index (χ2n) is 6.04. The van der Waals surface area contributed by atoms with Crippen LogP contribution in [-0.2, 0) is 11.3 Å². The van der Waals surface area contributed by atoms with Gasteiger partial charge < -0.3 is 9.72 Å². The Balaban J connectivity index is 1.80. The lowest BCUT2D eigenvalue weighted by atomic mass is 10.1. The highest BCUT2D eigenvalue weighted by Gasteiger charge is 2.19. The summed E-state index contributed by atoms with van der Waals surface area (Å²) < 4.78 is 5.72. The van der Waals surface area contributed by atoms with E-state index in [9.17, 15) is 4.79 Å². The molecule has 1 fully saturated rings. The van der Waals surface area contributed by atoms with Crippen molar-refractivity contribution in [2.75, 3.05) is 26.0 Å². The Morgan fingerprint density at radius 3 is 2.96 bits per heavy atom. The summed E-state index contributed by atoms with van der Waals surface area (Å²) >= 11 is 1.68. The standard InChI is InChI=1S/C18H24N2O2S/c1-3-20(12-15-5-4-8-22-15)11-14-9-13-6-7-16(23-2)10-17(13)19-18(14)21/h6-7,9-10,15H,3-5,8,11-12H2,1-2H3,(H,19,21)/t15-/m0/s1. The van der Waals surface area contributed by atoms with Crippen molar-refractivity contribution in [3.63, 3.8) is 0 Å². The van der Waals surface area contributed by atoms with Crippen LogP contribution in [0.15, 0.2) is 34.0 Å². The number of pyridine rings is 1. The monoisotopic (exact) mass is 332 g/mol. The summed E-state index contributed by atoms with van der Waals surface area (Å²) in [6.07, 6.45) is 4.63. The van der Waals surface area contributed by atoms with Crippen molar-refractivity contribution in [3.05, 3.63) is 40.2 Å². The second kappa shape index (κ2) is 7.51.